The maximum Gasteiger partial charge on any atom is 0.137 e. The summed E-state index contributed by atoms with van der Waals surface area (Å²) in [6.07, 6.45) is 2.69. The molecule has 1 fully saturated rings. The molecule has 0 aromatic heterocycles. The Bertz CT molecular complexity index is 405. The van der Waals surface area contributed by atoms with Gasteiger partial charge in [-0.05, 0) is 38.0 Å². The summed E-state index contributed by atoms with van der Waals surface area (Å²) in [6, 6.07) is 6.58. The standard InChI is InChI=1S/C14H18FNO/c1-2-16(10-11-5-3-8-14(11)17)13-7-4-6-12(15)9-13/h4,6-7,9,11H,2-3,5,8,10H2,1H3. The fraction of sp³-hybridized carbons (Fsp3) is 0.500. The minimum atomic E-state index is -0.223. The zero-order chi connectivity index (χ0) is 12.3. The van der Waals surface area contributed by atoms with Gasteiger partial charge in [0.1, 0.15) is 11.6 Å². The number of ketones is 1. The summed E-state index contributed by atoms with van der Waals surface area (Å²) in [4.78, 5) is 13.7. The Labute approximate surface area is 101 Å². The third kappa shape index (κ3) is 2.84. The van der Waals surface area contributed by atoms with E-state index in [2.05, 4.69) is 4.90 Å². The van der Waals surface area contributed by atoms with Crippen LogP contribution in [0.15, 0.2) is 24.3 Å². The zero-order valence-electron chi connectivity index (χ0n) is 10.2. The van der Waals surface area contributed by atoms with Crippen molar-refractivity contribution in [3.63, 3.8) is 0 Å². The molecule has 1 saturated carbocycles. The monoisotopic (exact) mass is 235 g/mol. The van der Waals surface area contributed by atoms with E-state index in [1.807, 2.05) is 13.0 Å². The molecule has 1 aliphatic rings. The van der Waals surface area contributed by atoms with Gasteiger partial charge in [0.05, 0.1) is 0 Å². The van der Waals surface area contributed by atoms with Crippen LogP contribution in [0.5, 0.6) is 0 Å². The average Bonchev–Trinajstić information content (AvgIpc) is 2.71. The van der Waals surface area contributed by atoms with Crippen LogP contribution in [0.2, 0.25) is 0 Å². The number of benzene rings is 1. The molecule has 0 radical (unpaired) electrons. The van der Waals surface area contributed by atoms with E-state index in [1.54, 1.807) is 6.07 Å². The molecule has 0 spiro atoms. The molecule has 2 rings (SSSR count). The number of rotatable bonds is 4. The number of carbonyl (C=O) groups excluding carboxylic acids is 1. The molecule has 2 nitrogen and oxygen atoms in total. The van der Waals surface area contributed by atoms with E-state index in [1.165, 1.54) is 12.1 Å². The summed E-state index contributed by atoms with van der Waals surface area (Å²) in [6.45, 7) is 3.55. The van der Waals surface area contributed by atoms with Gasteiger partial charge in [0.25, 0.3) is 0 Å². The highest BCUT2D eigenvalue weighted by atomic mass is 19.1. The third-order valence-corrected chi connectivity index (χ3v) is 3.43. The molecule has 17 heavy (non-hydrogen) atoms. The first-order chi connectivity index (χ1) is 8.20. The van der Waals surface area contributed by atoms with E-state index in [0.717, 1.165) is 31.6 Å². The van der Waals surface area contributed by atoms with E-state index in [9.17, 15) is 9.18 Å². The molecular formula is C14H18FNO. The lowest BCUT2D eigenvalue weighted by atomic mass is 10.1. The van der Waals surface area contributed by atoms with Gasteiger partial charge in [-0.25, -0.2) is 4.39 Å². The molecule has 1 aliphatic carbocycles. The van der Waals surface area contributed by atoms with Crippen LogP contribution >= 0.6 is 0 Å². The Balaban J connectivity index is 2.08. The quantitative estimate of drug-likeness (QED) is 0.799. The SMILES string of the molecule is CCN(CC1CCCC1=O)c1cccc(F)c1. The van der Waals surface area contributed by atoms with Gasteiger partial charge in [-0.3, -0.25) is 4.79 Å². The fourth-order valence-electron chi connectivity index (χ4n) is 2.44. The Morgan fingerprint density at radius 1 is 1.47 bits per heavy atom. The Morgan fingerprint density at radius 3 is 2.88 bits per heavy atom. The van der Waals surface area contributed by atoms with Gasteiger partial charge in [0.15, 0.2) is 0 Å². The molecule has 3 heteroatoms. The predicted molar refractivity (Wildman–Crippen MR) is 66.6 cm³/mol. The maximum absolute atomic E-state index is 13.2. The summed E-state index contributed by atoms with van der Waals surface area (Å²) >= 11 is 0. The second kappa shape index (κ2) is 5.30. The molecular weight excluding hydrogens is 217 g/mol. The minimum absolute atomic E-state index is 0.137. The predicted octanol–water partition coefficient (Wildman–Crippen LogP) is 3.02. The van der Waals surface area contributed by atoms with Crippen LogP contribution in [0.3, 0.4) is 0 Å². The van der Waals surface area contributed by atoms with Crippen molar-refractivity contribution in [3.8, 4) is 0 Å². The van der Waals surface area contributed by atoms with E-state index in [4.69, 9.17) is 0 Å². The van der Waals surface area contributed by atoms with Crippen molar-refractivity contribution >= 4 is 11.5 Å². The lowest BCUT2D eigenvalue weighted by Gasteiger charge is -2.25. The van der Waals surface area contributed by atoms with Crippen molar-refractivity contribution < 1.29 is 9.18 Å². The molecule has 0 bridgehead atoms. The van der Waals surface area contributed by atoms with E-state index >= 15 is 0 Å². The van der Waals surface area contributed by atoms with Gasteiger partial charge in [0, 0.05) is 31.1 Å². The number of hydrogen-bond donors (Lipinski definition) is 0. The van der Waals surface area contributed by atoms with Gasteiger partial charge in [-0.1, -0.05) is 6.07 Å². The lowest BCUT2D eigenvalue weighted by Crippen LogP contribution is -2.31. The number of halogens is 1. The average molecular weight is 235 g/mol. The van der Waals surface area contributed by atoms with Gasteiger partial charge in [-0.15, -0.1) is 0 Å². The Hall–Kier alpha value is -1.38. The zero-order valence-corrected chi connectivity index (χ0v) is 10.2. The molecule has 1 atom stereocenters. The summed E-state index contributed by atoms with van der Waals surface area (Å²) in [7, 11) is 0. The summed E-state index contributed by atoms with van der Waals surface area (Å²) in [5.41, 5.74) is 0.868. The van der Waals surface area contributed by atoms with Gasteiger partial charge in [-0.2, -0.15) is 0 Å². The first-order valence-electron chi connectivity index (χ1n) is 6.24. The van der Waals surface area contributed by atoms with Crippen LogP contribution in [0, 0.1) is 11.7 Å². The lowest BCUT2D eigenvalue weighted by molar-refractivity contribution is -0.120. The van der Waals surface area contributed by atoms with Crippen LogP contribution in [0.1, 0.15) is 26.2 Å². The van der Waals surface area contributed by atoms with E-state index in [0.29, 0.717) is 12.2 Å². The molecule has 1 unspecified atom stereocenters. The first kappa shape index (κ1) is 12.1. The second-order valence-corrected chi connectivity index (χ2v) is 4.57. The number of Topliss-reactive ketones (excluding diaryl/α,β-unsaturated/α-hetero) is 1. The van der Waals surface area contributed by atoms with Crippen molar-refractivity contribution in [1.29, 1.82) is 0 Å². The van der Waals surface area contributed by atoms with Crippen LogP contribution in [-0.4, -0.2) is 18.9 Å². The van der Waals surface area contributed by atoms with Crippen LogP contribution in [0.25, 0.3) is 0 Å². The van der Waals surface area contributed by atoms with Crippen molar-refractivity contribution in [1.82, 2.24) is 0 Å². The maximum atomic E-state index is 13.2. The normalized spacial score (nSPS) is 19.6. The molecule has 0 N–H and O–H groups in total. The van der Waals surface area contributed by atoms with Gasteiger partial charge >= 0.3 is 0 Å². The largest absolute Gasteiger partial charge is 0.371 e. The third-order valence-electron chi connectivity index (χ3n) is 3.43. The summed E-state index contributed by atoms with van der Waals surface area (Å²) in [5.74, 6) is 0.275. The Kier molecular flexibility index (Phi) is 3.77. The minimum Gasteiger partial charge on any atom is -0.371 e. The number of carbonyl (C=O) groups is 1. The second-order valence-electron chi connectivity index (χ2n) is 4.57. The number of anilines is 1. The molecule has 0 aliphatic heterocycles. The van der Waals surface area contributed by atoms with Crippen molar-refractivity contribution in [3.05, 3.63) is 30.1 Å². The fourth-order valence-corrected chi connectivity index (χ4v) is 2.44. The summed E-state index contributed by atoms with van der Waals surface area (Å²) < 4.78 is 13.2. The van der Waals surface area contributed by atoms with E-state index < -0.39 is 0 Å². The molecule has 1 aromatic rings. The molecule has 0 saturated heterocycles. The first-order valence-corrected chi connectivity index (χ1v) is 6.24. The molecule has 1 aromatic carbocycles. The highest BCUT2D eigenvalue weighted by molar-refractivity contribution is 5.83. The molecule has 92 valence electrons. The summed E-state index contributed by atoms with van der Waals surface area (Å²) in [5, 5.41) is 0. The number of nitrogens with zero attached hydrogens (tertiary/aromatic N) is 1. The van der Waals surface area contributed by atoms with E-state index in [-0.39, 0.29) is 11.7 Å². The smallest absolute Gasteiger partial charge is 0.137 e. The van der Waals surface area contributed by atoms with Crippen molar-refractivity contribution in [2.75, 3.05) is 18.0 Å². The number of hydrogen-bond acceptors (Lipinski definition) is 2. The molecule has 0 heterocycles. The molecule has 0 amide bonds. The van der Waals surface area contributed by atoms with Crippen molar-refractivity contribution in [2.24, 2.45) is 5.92 Å². The van der Waals surface area contributed by atoms with Gasteiger partial charge in [0.2, 0.25) is 0 Å². The van der Waals surface area contributed by atoms with Crippen LogP contribution < -0.4 is 4.90 Å². The van der Waals surface area contributed by atoms with Gasteiger partial charge < -0.3 is 4.90 Å². The highest BCUT2D eigenvalue weighted by Crippen LogP contribution is 2.25. The highest BCUT2D eigenvalue weighted by Gasteiger charge is 2.26. The topological polar surface area (TPSA) is 20.3 Å². The van der Waals surface area contributed by atoms with Crippen LogP contribution in [0.4, 0.5) is 10.1 Å². The van der Waals surface area contributed by atoms with Crippen molar-refractivity contribution in [2.45, 2.75) is 26.2 Å². The Morgan fingerprint density at radius 2 is 2.29 bits per heavy atom. The van der Waals surface area contributed by atoms with Crippen LogP contribution in [-0.2, 0) is 4.79 Å².